The molecular formula is C23H27N5O. The molecular weight excluding hydrogens is 362 g/mol. The van der Waals surface area contributed by atoms with E-state index in [1.807, 2.05) is 23.0 Å². The summed E-state index contributed by atoms with van der Waals surface area (Å²) in [7, 11) is 1.70. The van der Waals surface area contributed by atoms with Gasteiger partial charge in [0.25, 0.3) is 0 Å². The third-order valence-electron chi connectivity index (χ3n) is 6.20. The first-order valence-corrected chi connectivity index (χ1v) is 10.6. The van der Waals surface area contributed by atoms with Crippen molar-refractivity contribution in [1.29, 1.82) is 0 Å². The van der Waals surface area contributed by atoms with Crippen molar-refractivity contribution >= 4 is 17.0 Å². The maximum absolute atomic E-state index is 5.73. The van der Waals surface area contributed by atoms with E-state index < -0.39 is 0 Å². The van der Waals surface area contributed by atoms with E-state index in [-0.39, 0.29) is 0 Å². The van der Waals surface area contributed by atoms with E-state index >= 15 is 0 Å². The van der Waals surface area contributed by atoms with Crippen molar-refractivity contribution in [1.82, 2.24) is 19.6 Å². The van der Waals surface area contributed by atoms with E-state index in [1.165, 1.54) is 25.7 Å². The summed E-state index contributed by atoms with van der Waals surface area (Å²) in [6, 6.07) is 6.72. The molecule has 1 fully saturated rings. The van der Waals surface area contributed by atoms with Crippen LogP contribution in [0.1, 0.15) is 55.8 Å². The minimum atomic E-state index is 0.455. The summed E-state index contributed by atoms with van der Waals surface area (Å²) in [5.41, 5.74) is 5.44. The van der Waals surface area contributed by atoms with Crippen molar-refractivity contribution in [2.24, 2.45) is 5.92 Å². The summed E-state index contributed by atoms with van der Waals surface area (Å²) < 4.78 is 7.61. The molecule has 2 aliphatic carbocycles. The van der Waals surface area contributed by atoms with Crippen LogP contribution in [0.3, 0.4) is 0 Å². The molecule has 2 aliphatic rings. The molecule has 5 rings (SSSR count). The van der Waals surface area contributed by atoms with Crippen molar-refractivity contribution in [3.8, 4) is 5.88 Å². The van der Waals surface area contributed by atoms with Gasteiger partial charge in [0, 0.05) is 18.4 Å². The smallest absolute Gasteiger partial charge is 0.226 e. The average Bonchev–Trinajstić information content (AvgIpc) is 3.22. The van der Waals surface area contributed by atoms with Gasteiger partial charge < -0.3 is 10.1 Å². The summed E-state index contributed by atoms with van der Waals surface area (Å²) in [5, 5.41) is 7.86. The summed E-state index contributed by atoms with van der Waals surface area (Å²) >= 11 is 0. The van der Waals surface area contributed by atoms with Crippen LogP contribution in [0, 0.1) is 5.92 Å². The normalized spacial score (nSPS) is 21.5. The fourth-order valence-corrected chi connectivity index (χ4v) is 4.54. The molecule has 3 aromatic heterocycles. The van der Waals surface area contributed by atoms with E-state index in [2.05, 4.69) is 35.5 Å². The van der Waals surface area contributed by atoms with Crippen molar-refractivity contribution in [2.75, 3.05) is 12.4 Å². The van der Waals surface area contributed by atoms with Crippen molar-refractivity contribution in [3.63, 3.8) is 0 Å². The third-order valence-corrected chi connectivity index (χ3v) is 6.20. The topological polar surface area (TPSA) is 64.3 Å². The molecule has 0 radical (unpaired) electrons. The fourth-order valence-electron chi connectivity index (χ4n) is 4.54. The molecule has 0 amide bonds. The summed E-state index contributed by atoms with van der Waals surface area (Å²) in [4.78, 5) is 9.65. The molecule has 0 bridgehead atoms. The first kappa shape index (κ1) is 18.2. The van der Waals surface area contributed by atoms with Crippen LogP contribution >= 0.6 is 0 Å². The monoisotopic (exact) mass is 389 g/mol. The largest absolute Gasteiger partial charge is 0.480 e. The highest BCUT2D eigenvalue weighted by Gasteiger charge is 2.25. The molecule has 0 unspecified atom stereocenters. The predicted molar refractivity (Wildman–Crippen MR) is 114 cm³/mol. The van der Waals surface area contributed by atoms with Gasteiger partial charge in [0.05, 0.1) is 23.9 Å². The van der Waals surface area contributed by atoms with Gasteiger partial charge in [-0.3, -0.25) is 0 Å². The molecule has 0 aromatic carbocycles. The number of nitrogens with zero attached hydrogens (tertiary/aromatic N) is 4. The van der Waals surface area contributed by atoms with Gasteiger partial charge in [0.15, 0.2) is 0 Å². The Kier molecular flexibility index (Phi) is 4.70. The molecule has 0 saturated heterocycles. The van der Waals surface area contributed by atoms with Gasteiger partial charge in [0.2, 0.25) is 11.8 Å². The fraction of sp³-hybridized carbons (Fsp3) is 0.435. The summed E-state index contributed by atoms with van der Waals surface area (Å²) in [6.07, 6.45) is 12.8. The first-order valence-electron chi connectivity index (χ1n) is 10.6. The Balaban J connectivity index is 1.49. The maximum atomic E-state index is 5.73. The summed E-state index contributed by atoms with van der Waals surface area (Å²) in [6.45, 7) is 2.34. The standard InChI is InChI=1S/C23H27N5O/c1-15-6-8-17(9-7-15)25-23-26-20-5-3-4-19(21(20)22(27-23)29-2)16-11-13-28-18(14-16)10-12-24-28/h4,10-15,17H,3,5-9H2,1-2H3,(H,25,26,27)/t15-,17-. The number of pyridine rings is 1. The number of aromatic nitrogens is 4. The Morgan fingerprint density at radius 3 is 2.83 bits per heavy atom. The van der Waals surface area contributed by atoms with Crippen LogP contribution < -0.4 is 10.1 Å². The number of fused-ring (bicyclic) bond motifs is 2. The van der Waals surface area contributed by atoms with E-state index in [4.69, 9.17) is 14.7 Å². The van der Waals surface area contributed by atoms with Crippen LogP contribution in [0.4, 0.5) is 5.95 Å². The quantitative estimate of drug-likeness (QED) is 0.712. The number of anilines is 1. The second-order valence-corrected chi connectivity index (χ2v) is 8.25. The molecule has 3 heterocycles. The number of hydrogen-bond acceptors (Lipinski definition) is 5. The second-order valence-electron chi connectivity index (χ2n) is 8.25. The Morgan fingerprint density at radius 1 is 1.14 bits per heavy atom. The number of ether oxygens (including phenoxy) is 1. The molecule has 1 saturated carbocycles. The molecule has 0 spiro atoms. The van der Waals surface area contributed by atoms with Crippen LogP contribution in [-0.4, -0.2) is 32.7 Å². The lowest BCUT2D eigenvalue weighted by Gasteiger charge is -2.27. The van der Waals surface area contributed by atoms with Crippen molar-refractivity contribution in [3.05, 3.63) is 53.5 Å². The van der Waals surface area contributed by atoms with Crippen LogP contribution in [0.2, 0.25) is 0 Å². The molecule has 1 N–H and O–H groups in total. The van der Waals surface area contributed by atoms with Crippen molar-refractivity contribution < 1.29 is 4.74 Å². The van der Waals surface area contributed by atoms with Crippen LogP contribution in [-0.2, 0) is 6.42 Å². The van der Waals surface area contributed by atoms with E-state index in [1.54, 1.807) is 7.11 Å². The van der Waals surface area contributed by atoms with E-state index in [0.717, 1.165) is 46.7 Å². The molecule has 0 aliphatic heterocycles. The molecule has 0 atom stereocenters. The minimum Gasteiger partial charge on any atom is -0.480 e. The Hall–Kier alpha value is -2.89. The third kappa shape index (κ3) is 3.48. The summed E-state index contributed by atoms with van der Waals surface area (Å²) in [5.74, 6) is 2.18. The van der Waals surface area contributed by atoms with Crippen LogP contribution in [0.15, 0.2) is 36.7 Å². The highest BCUT2D eigenvalue weighted by atomic mass is 16.5. The number of methoxy groups -OCH3 is 1. The van der Waals surface area contributed by atoms with Gasteiger partial charge in [0.1, 0.15) is 0 Å². The predicted octanol–water partition coefficient (Wildman–Crippen LogP) is 4.50. The average molecular weight is 390 g/mol. The Labute approximate surface area is 171 Å². The van der Waals surface area contributed by atoms with Gasteiger partial charge in [-0.25, -0.2) is 9.50 Å². The molecule has 6 heteroatoms. The molecule has 29 heavy (non-hydrogen) atoms. The van der Waals surface area contributed by atoms with Gasteiger partial charge in [-0.15, -0.1) is 0 Å². The number of nitrogens with one attached hydrogen (secondary N) is 1. The molecule has 150 valence electrons. The maximum Gasteiger partial charge on any atom is 0.226 e. The Bertz CT molecular complexity index is 1060. The van der Waals surface area contributed by atoms with Gasteiger partial charge in [-0.1, -0.05) is 13.0 Å². The first-order chi connectivity index (χ1) is 14.2. The zero-order chi connectivity index (χ0) is 19.8. The Morgan fingerprint density at radius 2 is 2.00 bits per heavy atom. The van der Waals surface area contributed by atoms with Crippen molar-refractivity contribution in [2.45, 2.75) is 51.5 Å². The lowest BCUT2D eigenvalue weighted by Crippen LogP contribution is -2.26. The van der Waals surface area contributed by atoms with E-state index in [9.17, 15) is 0 Å². The van der Waals surface area contributed by atoms with Gasteiger partial charge in [-0.05, 0) is 73.8 Å². The zero-order valence-corrected chi connectivity index (χ0v) is 17.1. The number of hydrogen-bond donors (Lipinski definition) is 1. The molecule has 3 aromatic rings. The number of allylic oxidation sites excluding steroid dienone is 1. The van der Waals surface area contributed by atoms with Gasteiger partial charge >= 0.3 is 0 Å². The highest BCUT2D eigenvalue weighted by Crippen LogP contribution is 2.37. The van der Waals surface area contributed by atoms with E-state index in [0.29, 0.717) is 17.9 Å². The van der Waals surface area contributed by atoms with Gasteiger partial charge in [-0.2, -0.15) is 10.1 Å². The van der Waals surface area contributed by atoms with Crippen LogP contribution in [0.25, 0.3) is 11.1 Å². The molecule has 6 nitrogen and oxygen atoms in total. The highest BCUT2D eigenvalue weighted by molar-refractivity contribution is 5.85. The SMILES string of the molecule is COc1nc(N[C@H]2CC[C@H](C)CC2)nc2c1C(c1ccn3nccc3c1)=CCC2. The minimum absolute atomic E-state index is 0.455. The second kappa shape index (κ2) is 7.50. The number of rotatable bonds is 4. The zero-order valence-electron chi connectivity index (χ0n) is 17.1. The lowest BCUT2D eigenvalue weighted by atomic mass is 9.87. The number of aryl methyl sites for hydroxylation is 1. The van der Waals surface area contributed by atoms with Crippen LogP contribution in [0.5, 0.6) is 5.88 Å². The lowest BCUT2D eigenvalue weighted by molar-refractivity contribution is 0.359.